The highest BCUT2D eigenvalue weighted by Gasteiger charge is 2.08. The topological polar surface area (TPSA) is 0 Å². The molecule has 0 bridgehead atoms. The van der Waals surface area contributed by atoms with Gasteiger partial charge in [0.05, 0.1) is 0 Å². The van der Waals surface area contributed by atoms with Gasteiger partial charge in [0.2, 0.25) is 0 Å². The van der Waals surface area contributed by atoms with E-state index in [1.54, 1.807) is 16.7 Å². The molecule has 1 aromatic carbocycles. The van der Waals surface area contributed by atoms with Crippen molar-refractivity contribution in [3.05, 3.63) is 34.4 Å². The van der Waals surface area contributed by atoms with E-state index in [1.807, 2.05) is 0 Å². The van der Waals surface area contributed by atoms with Crippen molar-refractivity contribution in [2.75, 3.05) is 0 Å². The maximum Gasteiger partial charge on any atom is -0.0273 e. The minimum Gasteiger partial charge on any atom is -0.0654 e. The van der Waals surface area contributed by atoms with Crippen molar-refractivity contribution in [2.24, 2.45) is 0 Å². The number of unbranched alkanes of at least 4 members (excludes halogenated alkanes) is 18. The average Bonchev–Trinajstić information content (AvgIpc) is 2.80. The predicted molar refractivity (Wildman–Crippen MR) is 147 cm³/mol. The summed E-state index contributed by atoms with van der Waals surface area (Å²) in [5.41, 5.74) is 6.41. The van der Waals surface area contributed by atoms with Crippen molar-refractivity contribution in [3.8, 4) is 0 Å². The highest BCUT2D eigenvalue weighted by atomic mass is 14.1. The summed E-state index contributed by atoms with van der Waals surface area (Å²) in [6.45, 7) is 9.27. The molecule has 0 radical (unpaired) electrons. The van der Waals surface area contributed by atoms with Gasteiger partial charge in [-0.25, -0.2) is 0 Å². The summed E-state index contributed by atoms with van der Waals surface area (Å²) in [7, 11) is 0. The Bertz CT molecular complexity index is 541. The molecule has 0 saturated heterocycles. The normalized spacial score (nSPS) is 11.4. The van der Waals surface area contributed by atoms with E-state index in [2.05, 4.69) is 39.8 Å². The van der Waals surface area contributed by atoms with E-state index in [-0.39, 0.29) is 0 Å². The van der Waals surface area contributed by atoms with Crippen LogP contribution in [0.15, 0.2) is 12.1 Å². The van der Waals surface area contributed by atoms with Gasteiger partial charge in [-0.05, 0) is 61.8 Å². The molecule has 0 aromatic heterocycles. The lowest BCUT2D eigenvalue weighted by Gasteiger charge is -2.15. The van der Waals surface area contributed by atoms with Crippen LogP contribution in [0.3, 0.4) is 0 Å². The highest BCUT2D eigenvalue weighted by Crippen LogP contribution is 2.23. The second-order valence-electron chi connectivity index (χ2n) is 10.5. The third-order valence-electron chi connectivity index (χ3n) is 7.55. The van der Waals surface area contributed by atoms with Crippen molar-refractivity contribution >= 4 is 0 Å². The number of hydrogen-bond acceptors (Lipinski definition) is 0. The van der Waals surface area contributed by atoms with Crippen LogP contribution in [0, 0.1) is 13.8 Å². The van der Waals surface area contributed by atoms with Crippen LogP contribution in [0.25, 0.3) is 0 Å². The van der Waals surface area contributed by atoms with Gasteiger partial charge in [-0.2, -0.15) is 0 Å². The molecule has 0 aliphatic carbocycles. The Kier molecular flexibility index (Phi) is 19.0. The van der Waals surface area contributed by atoms with Crippen LogP contribution < -0.4 is 0 Å². The Morgan fingerprint density at radius 3 is 1.25 bits per heavy atom. The Morgan fingerprint density at radius 1 is 0.438 bits per heavy atom. The van der Waals surface area contributed by atoms with E-state index in [0.717, 1.165) is 0 Å². The summed E-state index contributed by atoms with van der Waals surface area (Å²) in [5.74, 6) is 0. The minimum absolute atomic E-state index is 1.30. The second-order valence-corrected chi connectivity index (χ2v) is 10.5. The van der Waals surface area contributed by atoms with E-state index >= 15 is 0 Å². The zero-order chi connectivity index (χ0) is 23.3. The van der Waals surface area contributed by atoms with Crippen molar-refractivity contribution in [2.45, 2.75) is 169 Å². The molecule has 0 aliphatic rings. The van der Waals surface area contributed by atoms with E-state index in [4.69, 9.17) is 0 Å². The second kappa shape index (κ2) is 20.8. The van der Waals surface area contributed by atoms with Crippen molar-refractivity contribution in [3.63, 3.8) is 0 Å². The number of benzene rings is 1. The van der Waals surface area contributed by atoms with Gasteiger partial charge in [0.25, 0.3) is 0 Å². The Morgan fingerprint density at radius 2 is 0.812 bits per heavy atom. The van der Waals surface area contributed by atoms with Crippen LogP contribution in [0.5, 0.6) is 0 Å². The van der Waals surface area contributed by atoms with Gasteiger partial charge in [-0.15, -0.1) is 0 Å². The molecule has 186 valence electrons. The summed E-state index contributed by atoms with van der Waals surface area (Å²) in [4.78, 5) is 0. The largest absolute Gasteiger partial charge is 0.0654 e. The maximum absolute atomic E-state index is 2.45. The lowest BCUT2D eigenvalue weighted by atomic mass is 9.90. The standard InChI is InChI=1S/C32H58/c1-5-7-9-11-13-15-17-19-21-23-25-31-28-27-29(3)30(4)32(31)26-24-22-20-18-16-14-12-10-8-6-2/h27-28H,5-26H2,1-4H3. The van der Waals surface area contributed by atoms with E-state index < -0.39 is 0 Å². The van der Waals surface area contributed by atoms with Crippen LogP contribution in [-0.4, -0.2) is 0 Å². The minimum atomic E-state index is 1.30. The number of hydrogen-bond donors (Lipinski definition) is 0. The molecular formula is C32H58. The molecule has 0 saturated carbocycles. The molecule has 0 atom stereocenters. The summed E-state index contributed by atoms with van der Waals surface area (Å²) >= 11 is 0. The molecule has 1 aromatic rings. The SMILES string of the molecule is CCCCCCCCCCCCc1ccc(C)c(C)c1CCCCCCCCCCCC. The third-order valence-corrected chi connectivity index (χ3v) is 7.55. The summed E-state index contributed by atoms with van der Waals surface area (Å²) in [6.07, 6.45) is 31.2. The summed E-state index contributed by atoms with van der Waals surface area (Å²) in [6, 6.07) is 4.81. The summed E-state index contributed by atoms with van der Waals surface area (Å²) in [5, 5.41) is 0. The molecule has 0 nitrogen and oxygen atoms in total. The van der Waals surface area contributed by atoms with Crippen LogP contribution in [-0.2, 0) is 12.8 Å². The first-order valence-corrected chi connectivity index (χ1v) is 14.8. The molecule has 1 rings (SSSR count). The fraction of sp³-hybridized carbons (Fsp3) is 0.812. The predicted octanol–water partition coefficient (Wildman–Crippen LogP) is 11.2. The Hall–Kier alpha value is -0.780. The molecule has 0 N–H and O–H groups in total. The average molecular weight is 443 g/mol. The summed E-state index contributed by atoms with van der Waals surface area (Å²) < 4.78 is 0. The van der Waals surface area contributed by atoms with Crippen molar-refractivity contribution in [1.29, 1.82) is 0 Å². The molecule has 0 amide bonds. The lowest BCUT2D eigenvalue weighted by molar-refractivity contribution is 0.553. The van der Waals surface area contributed by atoms with E-state index in [9.17, 15) is 0 Å². The zero-order valence-electron chi connectivity index (χ0n) is 22.7. The molecule has 0 unspecified atom stereocenters. The van der Waals surface area contributed by atoms with Gasteiger partial charge >= 0.3 is 0 Å². The van der Waals surface area contributed by atoms with Gasteiger partial charge in [0.1, 0.15) is 0 Å². The zero-order valence-corrected chi connectivity index (χ0v) is 22.7. The maximum atomic E-state index is 2.45. The molecule has 0 heteroatoms. The van der Waals surface area contributed by atoms with E-state index in [0.29, 0.717) is 0 Å². The highest BCUT2D eigenvalue weighted by molar-refractivity contribution is 5.40. The first kappa shape index (κ1) is 29.3. The van der Waals surface area contributed by atoms with Gasteiger partial charge in [0.15, 0.2) is 0 Å². The van der Waals surface area contributed by atoms with Crippen molar-refractivity contribution in [1.82, 2.24) is 0 Å². The van der Waals surface area contributed by atoms with Gasteiger partial charge in [-0.3, -0.25) is 0 Å². The van der Waals surface area contributed by atoms with Gasteiger partial charge in [0, 0.05) is 0 Å². The number of rotatable bonds is 22. The Labute approximate surface area is 203 Å². The molecular weight excluding hydrogens is 384 g/mol. The number of aryl methyl sites for hydroxylation is 2. The fourth-order valence-electron chi connectivity index (χ4n) is 5.10. The monoisotopic (exact) mass is 442 g/mol. The molecule has 0 aliphatic heterocycles. The molecule has 0 heterocycles. The first-order chi connectivity index (χ1) is 15.7. The van der Waals surface area contributed by atoms with Crippen LogP contribution in [0.2, 0.25) is 0 Å². The smallest absolute Gasteiger partial charge is 0.0273 e. The molecule has 32 heavy (non-hydrogen) atoms. The van der Waals surface area contributed by atoms with Crippen LogP contribution in [0.1, 0.15) is 165 Å². The molecule has 0 fully saturated rings. The molecule has 0 spiro atoms. The van der Waals surface area contributed by atoms with Crippen LogP contribution >= 0.6 is 0 Å². The first-order valence-electron chi connectivity index (χ1n) is 14.8. The third kappa shape index (κ3) is 14.4. The van der Waals surface area contributed by atoms with Gasteiger partial charge < -0.3 is 0 Å². The fourth-order valence-corrected chi connectivity index (χ4v) is 5.10. The van der Waals surface area contributed by atoms with Crippen molar-refractivity contribution < 1.29 is 0 Å². The lowest BCUT2D eigenvalue weighted by Crippen LogP contribution is -2.01. The van der Waals surface area contributed by atoms with Gasteiger partial charge in [-0.1, -0.05) is 142 Å². The van der Waals surface area contributed by atoms with E-state index in [1.165, 1.54) is 147 Å². The quantitative estimate of drug-likeness (QED) is 0.157. The van der Waals surface area contributed by atoms with Crippen LogP contribution in [0.4, 0.5) is 0 Å². The Balaban J connectivity index is 2.20.